The van der Waals surface area contributed by atoms with Crippen molar-refractivity contribution in [3.05, 3.63) is 65.9 Å². The minimum Gasteiger partial charge on any atom is -0.508 e. The third kappa shape index (κ3) is 9.55. The average molecular weight is 595 g/mol. The molecule has 0 aliphatic carbocycles. The minimum atomic E-state index is -1.20. The minimum absolute atomic E-state index is 0.0197. The van der Waals surface area contributed by atoms with Crippen molar-refractivity contribution in [3.63, 3.8) is 0 Å². The maximum atomic E-state index is 13.5. The molecular formula is C31H42N6O6. The van der Waals surface area contributed by atoms with E-state index in [0.717, 1.165) is 16.5 Å². The fraction of sp³-hybridized carbons (Fsp3) is 0.419. The Morgan fingerprint density at radius 3 is 2.19 bits per heavy atom. The summed E-state index contributed by atoms with van der Waals surface area (Å²) in [6, 6.07) is 9.48. The van der Waals surface area contributed by atoms with Gasteiger partial charge in [-0.2, -0.15) is 0 Å². The van der Waals surface area contributed by atoms with E-state index < -0.39 is 47.9 Å². The highest BCUT2D eigenvalue weighted by Gasteiger charge is 2.32. The molecule has 1 heterocycles. The number of carboxylic acid groups (broad SMARTS) is 1. The van der Waals surface area contributed by atoms with E-state index in [1.807, 2.05) is 24.3 Å². The highest BCUT2D eigenvalue weighted by atomic mass is 16.4. The normalized spacial score (nSPS) is 14.1. The molecule has 1 aromatic heterocycles. The zero-order valence-electron chi connectivity index (χ0n) is 24.5. The Labute approximate surface area is 250 Å². The van der Waals surface area contributed by atoms with Gasteiger partial charge in [-0.05, 0) is 67.5 Å². The molecule has 10 N–H and O–H groups in total. The lowest BCUT2D eigenvalue weighted by molar-refractivity contribution is -0.142. The Bertz CT molecular complexity index is 1390. The molecule has 0 bridgehead atoms. The Balaban J connectivity index is 1.73. The van der Waals surface area contributed by atoms with Gasteiger partial charge >= 0.3 is 5.97 Å². The molecule has 0 aliphatic heterocycles. The van der Waals surface area contributed by atoms with Gasteiger partial charge in [0.15, 0.2) is 0 Å². The van der Waals surface area contributed by atoms with Crippen LogP contribution in [0.4, 0.5) is 0 Å². The van der Waals surface area contributed by atoms with Crippen molar-refractivity contribution in [2.75, 3.05) is 6.54 Å². The van der Waals surface area contributed by atoms with E-state index in [9.17, 15) is 29.4 Å². The van der Waals surface area contributed by atoms with Crippen LogP contribution in [0.15, 0.2) is 54.7 Å². The Morgan fingerprint density at radius 2 is 1.53 bits per heavy atom. The monoisotopic (exact) mass is 594 g/mol. The lowest BCUT2D eigenvalue weighted by Crippen LogP contribution is -2.59. The number of nitrogens with two attached hydrogens (primary N) is 2. The van der Waals surface area contributed by atoms with E-state index in [0.29, 0.717) is 24.9 Å². The van der Waals surface area contributed by atoms with Crippen LogP contribution in [0.2, 0.25) is 0 Å². The van der Waals surface area contributed by atoms with Gasteiger partial charge in [-0.1, -0.05) is 44.2 Å². The fourth-order valence-electron chi connectivity index (χ4n) is 4.79. The number of aromatic hydroxyl groups is 1. The Hall–Kier alpha value is -4.42. The summed E-state index contributed by atoms with van der Waals surface area (Å²) < 4.78 is 0. The van der Waals surface area contributed by atoms with E-state index >= 15 is 0 Å². The van der Waals surface area contributed by atoms with Crippen LogP contribution in [0.25, 0.3) is 10.9 Å². The Kier molecular flexibility index (Phi) is 12.1. The number of unbranched alkanes of at least 4 members (excludes halogenated alkanes) is 1. The van der Waals surface area contributed by atoms with Gasteiger partial charge < -0.3 is 42.6 Å². The number of aliphatic carboxylic acids is 1. The van der Waals surface area contributed by atoms with Crippen LogP contribution >= 0.6 is 0 Å². The van der Waals surface area contributed by atoms with Crippen molar-refractivity contribution < 1.29 is 29.4 Å². The van der Waals surface area contributed by atoms with Crippen LogP contribution in [-0.4, -0.2) is 69.6 Å². The highest BCUT2D eigenvalue weighted by Crippen LogP contribution is 2.19. The van der Waals surface area contributed by atoms with Gasteiger partial charge in [0, 0.05) is 23.5 Å². The highest BCUT2D eigenvalue weighted by molar-refractivity contribution is 5.94. The number of carbonyl (C=O) groups excluding carboxylic acids is 3. The number of hydrogen-bond acceptors (Lipinski definition) is 7. The van der Waals surface area contributed by atoms with E-state index in [1.165, 1.54) is 12.1 Å². The number of rotatable bonds is 16. The molecule has 0 saturated carbocycles. The number of carboxylic acids is 1. The summed E-state index contributed by atoms with van der Waals surface area (Å²) in [5.74, 6) is -3.35. The first-order valence-corrected chi connectivity index (χ1v) is 14.4. The molecule has 12 heteroatoms. The number of fused-ring (bicyclic) bond motifs is 1. The summed E-state index contributed by atoms with van der Waals surface area (Å²) in [6.45, 7) is 3.90. The molecule has 12 nitrogen and oxygen atoms in total. The number of aromatic nitrogens is 1. The molecule has 3 rings (SSSR count). The number of para-hydroxylation sites is 1. The van der Waals surface area contributed by atoms with Crippen molar-refractivity contribution in [3.8, 4) is 5.75 Å². The van der Waals surface area contributed by atoms with Crippen molar-refractivity contribution in [2.24, 2.45) is 17.4 Å². The third-order valence-corrected chi connectivity index (χ3v) is 7.27. The summed E-state index contributed by atoms with van der Waals surface area (Å²) in [5.41, 5.74) is 14.2. The molecule has 0 aliphatic rings. The molecule has 3 aromatic rings. The van der Waals surface area contributed by atoms with Crippen molar-refractivity contribution in [2.45, 2.75) is 70.1 Å². The largest absolute Gasteiger partial charge is 0.508 e. The predicted octanol–water partition coefficient (Wildman–Crippen LogP) is 1.31. The lowest BCUT2D eigenvalue weighted by Gasteiger charge is -2.27. The molecule has 4 unspecified atom stereocenters. The van der Waals surface area contributed by atoms with E-state index in [1.54, 1.807) is 32.2 Å². The molecule has 232 valence electrons. The van der Waals surface area contributed by atoms with Gasteiger partial charge in [0.2, 0.25) is 17.7 Å². The van der Waals surface area contributed by atoms with Gasteiger partial charge in [-0.25, -0.2) is 4.79 Å². The molecule has 0 saturated heterocycles. The number of aromatic amines is 1. The molecule has 43 heavy (non-hydrogen) atoms. The first-order valence-electron chi connectivity index (χ1n) is 14.4. The number of benzene rings is 2. The van der Waals surface area contributed by atoms with Crippen LogP contribution in [0.1, 0.15) is 44.2 Å². The molecule has 0 fully saturated rings. The van der Waals surface area contributed by atoms with Crippen molar-refractivity contribution in [1.29, 1.82) is 0 Å². The van der Waals surface area contributed by atoms with Gasteiger partial charge in [0.1, 0.15) is 23.9 Å². The smallest absolute Gasteiger partial charge is 0.326 e. The summed E-state index contributed by atoms with van der Waals surface area (Å²) in [7, 11) is 0. The van der Waals surface area contributed by atoms with Crippen molar-refractivity contribution >= 4 is 34.6 Å². The predicted molar refractivity (Wildman–Crippen MR) is 163 cm³/mol. The quantitative estimate of drug-likeness (QED) is 0.113. The van der Waals surface area contributed by atoms with Crippen LogP contribution in [-0.2, 0) is 32.0 Å². The zero-order chi connectivity index (χ0) is 31.5. The van der Waals surface area contributed by atoms with Gasteiger partial charge in [-0.3, -0.25) is 14.4 Å². The van der Waals surface area contributed by atoms with Crippen molar-refractivity contribution in [1.82, 2.24) is 20.9 Å². The second-order valence-corrected chi connectivity index (χ2v) is 11.0. The standard InChI is InChI=1S/C31H42N6O6/c1-18(2)27(37-28(39)23(33)16-20-17-34-24-8-4-3-7-22(20)24)30(41)36-26(15-19-10-12-21(38)13-11-19)29(40)35-25(31(42)43)9-5-6-14-32/h3-4,7-8,10-13,17-18,23,25-27,34,38H,5-6,9,14-16,32-33H2,1-2H3,(H,35,40)(H,36,41)(H,37,39)(H,42,43). The lowest BCUT2D eigenvalue weighted by atomic mass is 9.99. The van der Waals surface area contributed by atoms with Crippen LogP contribution in [0, 0.1) is 5.92 Å². The number of nitrogens with one attached hydrogen (secondary N) is 4. The van der Waals surface area contributed by atoms with Gasteiger partial charge in [0.05, 0.1) is 6.04 Å². The molecule has 3 amide bonds. The van der Waals surface area contributed by atoms with Crippen LogP contribution < -0.4 is 27.4 Å². The number of hydrogen-bond donors (Lipinski definition) is 8. The fourth-order valence-corrected chi connectivity index (χ4v) is 4.79. The van der Waals surface area contributed by atoms with Gasteiger partial charge in [-0.15, -0.1) is 0 Å². The van der Waals surface area contributed by atoms with E-state index in [2.05, 4.69) is 20.9 Å². The topological polar surface area (TPSA) is 213 Å². The molecule has 2 aromatic carbocycles. The maximum Gasteiger partial charge on any atom is 0.326 e. The second kappa shape index (κ2) is 15.7. The van der Waals surface area contributed by atoms with Crippen LogP contribution in [0.5, 0.6) is 5.75 Å². The summed E-state index contributed by atoms with van der Waals surface area (Å²) in [4.78, 5) is 54.9. The molecule has 0 spiro atoms. The van der Waals surface area contributed by atoms with Crippen LogP contribution in [0.3, 0.4) is 0 Å². The van der Waals surface area contributed by atoms with Gasteiger partial charge in [0.25, 0.3) is 0 Å². The zero-order valence-corrected chi connectivity index (χ0v) is 24.5. The summed E-state index contributed by atoms with van der Waals surface area (Å²) in [6.07, 6.45) is 3.35. The van der Waals surface area contributed by atoms with E-state index in [-0.39, 0.29) is 30.9 Å². The molecular weight excluding hydrogens is 552 g/mol. The third-order valence-electron chi connectivity index (χ3n) is 7.27. The summed E-state index contributed by atoms with van der Waals surface area (Å²) in [5, 5.41) is 28.2. The average Bonchev–Trinajstić information content (AvgIpc) is 3.38. The number of phenols is 1. The number of amides is 3. The first kappa shape index (κ1) is 33.1. The number of carbonyl (C=O) groups is 4. The Morgan fingerprint density at radius 1 is 0.860 bits per heavy atom. The SMILES string of the molecule is CC(C)C(NC(=O)C(N)Cc1c[nH]c2ccccc12)C(=O)NC(Cc1ccc(O)cc1)C(=O)NC(CCCCN)C(=O)O. The second-order valence-electron chi connectivity index (χ2n) is 11.0. The summed E-state index contributed by atoms with van der Waals surface area (Å²) >= 11 is 0. The number of H-pyrrole nitrogens is 1. The molecule has 4 atom stereocenters. The van der Waals surface area contributed by atoms with E-state index in [4.69, 9.17) is 11.5 Å². The molecule has 0 radical (unpaired) electrons. The first-order chi connectivity index (χ1) is 20.5. The maximum absolute atomic E-state index is 13.5. The number of phenolic OH excluding ortho intramolecular Hbond substituents is 1.